The first-order chi connectivity index (χ1) is 6.06. The molecule has 0 radical (unpaired) electrons. The third kappa shape index (κ3) is 2.01. The smallest absolute Gasteiger partial charge is 0.336 e. The molecule has 1 aromatic rings. The van der Waals surface area contributed by atoms with E-state index in [4.69, 9.17) is 5.11 Å². The van der Waals surface area contributed by atoms with Crippen LogP contribution in [0.4, 0.5) is 5.69 Å². The van der Waals surface area contributed by atoms with Crippen LogP contribution in [0.3, 0.4) is 0 Å². The lowest BCUT2D eigenvalue weighted by atomic mass is 10.1. The van der Waals surface area contributed by atoms with Gasteiger partial charge in [-0.1, -0.05) is 15.9 Å². The van der Waals surface area contributed by atoms with Crippen LogP contribution in [0.15, 0.2) is 16.6 Å². The van der Waals surface area contributed by atoms with E-state index in [1.807, 2.05) is 6.07 Å². The molecular weight excluding hydrogens is 234 g/mol. The van der Waals surface area contributed by atoms with Crippen molar-refractivity contribution in [2.45, 2.75) is 6.92 Å². The summed E-state index contributed by atoms with van der Waals surface area (Å²) in [6.45, 7) is 1.77. The maximum Gasteiger partial charge on any atom is 0.336 e. The van der Waals surface area contributed by atoms with Crippen LogP contribution in [0.25, 0.3) is 0 Å². The van der Waals surface area contributed by atoms with Crippen LogP contribution < -0.4 is 5.32 Å². The largest absolute Gasteiger partial charge is 0.478 e. The average Bonchev–Trinajstić information content (AvgIpc) is 2.09. The second-order valence-electron chi connectivity index (χ2n) is 2.69. The SMILES string of the molecule is CNc1cc(Br)c(C)c(C(=O)O)c1. The molecular formula is C9H10BrNO2. The number of aromatic carboxylic acids is 1. The molecule has 0 aliphatic carbocycles. The van der Waals surface area contributed by atoms with Crippen LogP contribution in [0.1, 0.15) is 15.9 Å². The summed E-state index contributed by atoms with van der Waals surface area (Å²) in [4.78, 5) is 10.8. The van der Waals surface area contributed by atoms with Crippen LogP contribution in [0, 0.1) is 6.92 Å². The van der Waals surface area contributed by atoms with Gasteiger partial charge in [0.1, 0.15) is 0 Å². The zero-order valence-electron chi connectivity index (χ0n) is 7.39. The number of benzene rings is 1. The average molecular weight is 244 g/mol. The Hall–Kier alpha value is -1.03. The highest BCUT2D eigenvalue weighted by atomic mass is 79.9. The summed E-state index contributed by atoms with van der Waals surface area (Å²) in [5, 5.41) is 11.8. The summed E-state index contributed by atoms with van der Waals surface area (Å²) in [5.41, 5.74) is 1.85. The summed E-state index contributed by atoms with van der Waals surface area (Å²) < 4.78 is 0.803. The minimum Gasteiger partial charge on any atom is -0.478 e. The summed E-state index contributed by atoms with van der Waals surface area (Å²) in [6, 6.07) is 3.46. The number of carboxylic acids is 1. The van der Waals surface area contributed by atoms with Crippen molar-refractivity contribution in [1.82, 2.24) is 0 Å². The van der Waals surface area contributed by atoms with Crippen LogP contribution >= 0.6 is 15.9 Å². The maximum absolute atomic E-state index is 10.8. The molecule has 13 heavy (non-hydrogen) atoms. The Morgan fingerprint density at radius 2 is 2.15 bits per heavy atom. The summed E-state index contributed by atoms with van der Waals surface area (Å²) in [5.74, 6) is -0.907. The van der Waals surface area contributed by atoms with Gasteiger partial charge in [0.05, 0.1) is 5.56 Å². The zero-order chi connectivity index (χ0) is 10.0. The zero-order valence-corrected chi connectivity index (χ0v) is 8.97. The Bertz CT molecular complexity index is 350. The molecule has 2 N–H and O–H groups in total. The summed E-state index contributed by atoms with van der Waals surface area (Å²) in [7, 11) is 1.75. The van der Waals surface area contributed by atoms with E-state index in [1.54, 1.807) is 20.0 Å². The van der Waals surface area contributed by atoms with Crippen molar-refractivity contribution in [3.63, 3.8) is 0 Å². The highest BCUT2D eigenvalue weighted by molar-refractivity contribution is 9.10. The van der Waals surface area contributed by atoms with Crippen molar-refractivity contribution < 1.29 is 9.90 Å². The van der Waals surface area contributed by atoms with Crippen LogP contribution in [0.5, 0.6) is 0 Å². The van der Waals surface area contributed by atoms with Crippen molar-refractivity contribution in [3.8, 4) is 0 Å². The van der Waals surface area contributed by atoms with Gasteiger partial charge < -0.3 is 10.4 Å². The molecule has 0 aliphatic heterocycles. The first-order valence-electron chi connectivity index (χ1n) is 3.77. The normalized spacial score (nSPS) is 9.77. The lowest BCUT2D eigenvalue weighted by Gasteiger charge is -2.07. The highest BCUT2D eigenvalue weighted by Gasteiger charge is 2.10. The van der Waals surface area contributed by atoms with Gasteiger partial charge in [-0.05, 0) is 24.6 Å². The van der Waals surface area contributed by atoms with Gasteiger partial charge in [0.25, 0.3) is 0 Å². The van der Waals surface area contributed by atoms with Gasteiger partial charge in [-0.25, -0.2) is 4.79 Å². The van der Waals surface area contributed by atoms with Crippen molar-refractivity contribution in [3.05, 3.63) is 27.7 Å². The van der Waals surface area contributed by atoms with Gasteiger partial charge in [0.15, 0.2) is 0 Å². The van der Waals surface area contributed by atoms with E-state index in [1.165, 1.54) is 0 Å². The van der Waals surface area contributed by atoms with Crippen LogP contribution in [-0.2, 0) is 0 Å². The van der Waals surface area contributed by atoms with Crippen molar-refractivity contribution in [1.29, 1.82) is 0 Å². The minimum atomic E-state index is -0.907. The quantitative estimate of drug-likeness (QED) is 0.840. The third-order valence-electron chi connectivity index (χ3n) is 1.86. The van der Waals surface area contributed by atoms with Gasteiger partial charge in [-0.2, -0.15) is 0 Å². The first-order valence-corrected chi connectivity index (χ1v) is 4.56. The number of hydrogen-bond acceptors (Lipinski definition) is 2. The summed E-state index contributed by atoms with van der Waals surface area (Å²) in [6.07, 6.45) is 0. The molecule has 0 spiro atoms. The molecule has 0 atom stereocenters. The minimum absolute atomic E-state index is 0.318. The second-order valence-corrected chi connectivity index (χ2v) is 3.54. The maximum atomic E-state index is 10.8. The van der Waals surface area contributed by atoms with Crippen LogP contribution in [-0.4, -0.2) is 18.1 Å². The van der Waals surface area contributed by atoms with Crippen molar-refractivity contribution in [2.24, 2.45) is 0 Å². The first kappa shape index (κ1) is 10.1. The molecule has 0 saturated heterocycles. The highest BCUT2D eigenvalue weighted by Crippen LogP contribution is 2.24. The molecule has 0 aliphatic rings. The number of hydrogen-bond donors (Lipinski definition) is 2. The van der Waals surface area contributed by atoms with Gasteiger partial charge in [0, 0.05) is 17.2 Å². The van der Waals surface area contributed by atoms with Gasteiger partial charge >= 0.3 is 5.97 Å². The van der Waals surface area contributed by atoms with E-state index in [0.717, 1.165) is 15.7 Å². The molecule has 1 rings (SSSR count). The third-order valence-corrected chi connectivity index (χ3v) is 2.69. The predicted molar refractivity (Wildman–Crippen MR) is 55.4 cm³/mol. The monoisotopic (exact) mass is 243 g/mol. The van der Waals surface area contributed by atoms with E-state index in [9.17, 15) is 4.79 Å². The lowest BCUT2D eigenvalue weighted by Crippen LogP contribution is -2.02. The molecule has 0 bridgehead atoms. The Morgan fingerprint density at radius 1 is 1.54 bits per heavy atom. The molecule has 3 nitrogen and oxygen atoms in total. The van der Waals surface area contributed by atoms with E-state index in [-0.39, 0.29) is 0 Å². The van der Waals surface area contributed by atoms with E-state index in [0.29, 0.717) is 5.56 Å². The van der Waals surface area contributed by atoms with E-state index in [2.05, 4.69) is 21.2 Å². The number of halogens is 1. The van der Waals surface area contributed by atoms with Crippen molar-refractivity contribution >= 4 is 27.6 Å². The molecule has 1 aromatic carbocycles. The number of carboxylic acid groups (broad SMARTS) is 1. The molecule has 4 heteroatoms. The van der Waals surface area contributed by atoms with Crippen molar-refractivity contribution in [2.75, 3.05) is 12.4 Å². The number of rotatable bonds is 2. The molecule has 0 aromatic heterocycles. The molecule has 70 valence electrons. The van der Waals surface area contributed by atoms with Gasteiger partial charge in [-0.3, -0.25) is 0 Å². The van der Waals surface area contributed by atoms with Crippen LogP contribution in [0.2, 0.25) is 0 Å². The molecule has 0 fully saturated rings. The Labute approximate surface area is 84.9 Å². The second kappa shape index (κ2) is 3.79. The fourth-order valence-corrected chi connectivity index (χ4v) is 1.51. The fraction of sp³-hybridized carbons (Fsp3) is 0.222. The fourth-order valence-electron chi connectivity index (χ4n) is 1.05. The number of carbonyl (C=O) groups is 1. The lowest BCUT2D eigenvalue weighted by molar-refractivity contribution is 0.0696. The van der Waals surface area contributed by atoms with Gasteiger partial charge in [0.2, 0.25) is 0 Å². The van der Waals surface area contributed by atoms with E-state index < -0.39 is 5.97 Å². The number of nitrogens with one attached hydrogen (secondary N) is 1. The Kier molecular flexibility index (Phi) is 2.93. The molecule has 0 unspecified atom stereocenters. The standard InChI is InChI=1S/C9H10BrNO2/c1-5-7(9(12)13)3-6(11-2)4-8(5)10/h3-4,11H,1-2H3,(H,12,13). The topological polar surface area (TPSA) is 49.3 Å². The Balaban J connectivity index is 3.33. The van der Waals surface area contributed by atoms with Gasteiger partial charge in [-0.15, -0.1) is 0 Å². The van der Waals surface area contributed by atoms with E-state index >= 15 is 0 Å². The summed E-state index contributed by atoms with van der Waals surface area (Å²) >= 11 is 3.30. The Morgan fingerprint density at radius 3 is 2.62 bits per heavy atom. The molecule has 0 amide bonds. The molecule has 0 saturated carbocycles. The number of anilines is 1. The molecule has 0 heterocycles. The predicted octanol–water partition coefficient (Wildman–Crippen LogP) is 2.50.